The lowest BCUT2D eigenvalue weighted by Crippen LogP contribution is -2.28. The minimum atomic E-state index is -3.27. The van der Waals surface area contributed by atoms with Crippen molar-refractivity contribution in [3.63, 3.8) is 0 Å². The highest BCUT2D eigenvalue weighted by molar-refractivity contribution is 8.60. The van der Waals surface area contributed by atoms with Gasteiger partial charge in [-0.25, -0.2) is 15.0 Å². The molecule has 2 aliphatic rings. The number of ether oxygens (including phenoxy) is 3. The molecule has 2 fully saturated rings. The molecule has 0 spiro atoms. The molecule has 0 radical (unpaired) electrons. The lowest BCUT2D eigenvalue weighted by molar-refractivity contribution is -0.0519. The summed E-state index contributed by atoms with van der Waals surface area (Å²) >= 11 is 15.2. The third-order valence-electron chi connectivity index (χ3n) is 7.20. The molecule has 4 aromatic rings. The van der Waals surface area contributed by atoms with E-state index < -0.39 is 48.5 Å². The molecule has 0 aliphatic carbocycles. The van der Waals surface area contributed by atoms with E-state index >= 15 is 0 Å². The maximum Gasteiger partial charge on any atom is 0.280 e. The van der Waals surface area contributed by atoms with Crippen molar-refractivity contribution >= 4 is 76.3 Å². The first-order valence-electron chi connectivity index (χ1n) is 13.4. The van der Waals surface area contributed by atoms with Crippen LogP contribution in [0.4, 0.5) is 5.95 Å². The highest BCUT2D eigenvalue weighted by Gasteiger charge is 2.43. The number of nitrogens with two attached hydrogens (primary N) is 1. The van der Waals surface area contributed by atoms with Crippen molar-refractivity contribution in [2.75, 3.05) is 32.7 Å². The molecule has 6 heterocycles. The summed E-state index contributed by atoms with van der Waals surface area (Å²) in [4.78, 5) is 56.1. The summed E-state index contributed by atoms with van der Waals surface area (Å²) < 4.78 is 39.0. The zero-order valence-corrected chi connectivity index (χ0v) is 28.0. The second-order valence-electron chi connectivity index (χ2n) is 10.4. The molecular formula is C22H29N9O9P2S3. The number of nitrogen functional groups attached to an aromatic ring is 1. The number of imidazole rings is 2. The second kappa shape index (κ2) is 12.8. The number of hydrogen-bond acceptors (Lipinski definition) is 15. The van der Waals surface area contributed by atoms with E-state index in [1.165, 1.54) is 30.2 Å². The van der Waals surface area contributed by atoms with Crippen molar-refractivity contribution in [3.8, 4) is 0 Å². The summed E-state index contributed by atoms with van der Waals surface area (Å²) in [5, 5.41) is 0. The molecule has 5 N–H and O–H groups in total. The Hall–Kier alpha value is -2.13. The molecule has 244 valence electrons. The molecule has 0 saturated carbocycles. The van der Waals surface area contributed by atoms with E-state index in [0.29, 0.717) is 12.1 Å². The summed E-state index contributed by atoms with van der Waals surface area (Å²) in [5.41, 5.74) is 2.42. The third-order valence-corrected chi connectivity index (χ3v) is 10.4. The number of aromatic amines is 2. The van der Waals surface area contributed by atoms with Gasteiger partial charge in [-0.05, 0) is 23.6 Å². The van der Waals surface area contributed by atoms with Gasteiger partial charge in [0.2, 0.25) is 11.6 Å². The number of H-pyrrole nitrogens is 2. The molecule has 23 heteroatoms. The largest absolute Gasteiger partial charge is 0.378 e. The van der Waals surface area contributed by atoms with Crippen molar-refractivity contribution in [2.24, 2.45) is 0 Å². The number of rotatable bonds is 11. The zero-order chi connectivity index (χ0) is 32.1. The van der Waals surface area contributed by atoms with Crippen molar-refractivity contribution in [1.29, 1.82) is 0 Å². The first-order chi connectivity index (χ1) is 21.3. The van der Waals surface area contributed by atoms with Gasteiger partial charge in [0.15, 0.2) is 35.0 Å². The van der Waals surface area contributed by atoms with Crippen LogP contribution in [0.5, 0.6) is 0 Å². The SMILES string of the molecule is CO[C@H]1C[C@H](n2cnc3c(=O)[nH]cnc32)O[C@@H]1COP(=S)(S)O[C@@H]1C[C@@H](COP(C)(O)=S)O[C@H]1n1cnc2c(=O)[nH]c(N)nc21. The zero-order valence-electron chi connectivity index (χ0n) is 23.7. The molecule has 0 bridgehead atoms. The Bertz CT molecular complexity index is 1930. The van der Waals surface area contributed by atoms with Crippen molar-refractivity contribution < 1.29 is 32.7 Å². The molecule has 4 aromatic heterocycles. The summed E-state index contributed by atoms with van der Waals surface area (Å²) in [6, 6.07) is 0. The average molecular weight is 722 g/mol. The Balaban J connectivity index is 1.18. The standard InChI is InChI=1S/C22H29N9O9P2S3/c1-35-11-4-14(30-8-26-15-17(30)24-7-25-19(15)32)39-13(11)6-37-42(44,45)40-12-3-10(5-36-41(2,34)43)38-21(12)31-9-27-16-18(31)28-22(23)29-20(16)33/h7-14,21H,3-6H2,1-2H3,(H,34,43)(H,44,45)(H,24,25,32)(H3,23,28,29,33)/t10-,11-,12+,13+,14+,21+,41?/m0/s1. The second-order valence-corrected chi connectivity index (χ2v) is 19.5. The monoisotopic (exact) mass is 721 g/mol. The summed E-state index contributed by atoms with van der Waals surface area (Å²) in [6.07, 6.45) is 1.16. The van der Waals surface area contributed by atoms with Gasteiger partial charge in [0.25, 0.3) is 11.1 Å². The molecule has 6 rings (SSSR count). The van der Waals surface area contributed by atoms with Crippen LogP contribution in [-0.4, -0.2) is 95.3 Å². The van der Waals surface area contributed by atoms with E-state index in [1.54, 1.807) is 11.7 Å². The highest BCUT2D eigenvalue weighted by Crippen LogP contribution is 2.57. The smallest absolute Gasteiger partial charge is 0.280 e. The minimum absolute atomic E-state index is 0.0177. The number of anilines is 1. The fourth-order valence-corrected chi connectivity index (χ4v) is 7.86. The first kappa shape index (κ1) is 32.8. The van der Waals surface area contributed by atoms with Crippen LogP contribution in [0.25, 0.3) is 22.3 Å². The van der Waals surface area contributed by atoms with Gasteiger partial charge in [0, 0.05) is 26.6 Å². The van der Waals surface area contributed by atoms with Crippen molar-refractivity contribution in [1.82, 2.24) is 39.0 Å². The van der Waals surface area contributed by atoms with Crippen LogP contribution in [0.15, 0.2) is 28.6 Å². The molecule has 2 unspecified atom stereocenters. The molecule has 8 atom stereocenters. The predicted octanol–water partition coefficient (Wildman–Crippen LogP) is 0.929. The number of hydrogen-bond donors (Lipinski definition) is 5. The van der Waals surface area contributed by atoms with Gasteiger partial charge in [0.1, 0.15) is 18.4 Å². The van der Waals surface area contributed by atoms with Gasteiger partial charge in [-0.15, -0.1) is 0 Å². The van der Waals surface area contributed by atoms with E-state index in [9.17, 15) is 14.5 Å². The maximum atomic E-state index is 12.4. The Kier molecular flexibility index (Phi) is 9.34. The lowest BCUT2D eigenvalue weighted by atomic mass is 10.2. The Morgan fingerprint density at radius 2 is 1.80 bits per heavy atom. The maximum absolute atomic E-state index is 12.4. The van der Waals surface area contributed by atoms with Crippen LogP contribution in [0.3, 0.4) is 0 Å². The molecule has 2 saturated heterocycles. The van der Waals surface area contributed by atoms with E-state index in [4.69, 9.17) is 57.1 Å². The number of nitrogens with zero attached hydrogens (tertiary/aromatic N) is 6. The quantitative estimate of drug-likeness (QED) is 0.107. The number of fused-ring (bicyclic) bond motifs is 2. The van der Waals surface area contributed by atoms with E-state index in [1.807, 2.05) is 0 Å². The number of aromatic nitrogens is 8. The van der Waals surface area contributed by atoms with Gasteiger partial charge in [-0.1, -0.05) is 12.2 Å². The van der Waals surface area contributed by atoms with E-state index in [2.05, 4.69) is 42.2 Å². The van der Waals surface area contributed by atoms with Crippen molar-refractivity contribution in [2.45, 2.75) is 49.7 Å². The summed E-state index contributed by atoms with van der Waals surface area (Å²) in [5.74, 6) is -0.104. The lowest BCUT2D eigenvalue weighted by Gasteiger charge is -2.26. The van der Waals surface area contributed by atoms with Gasteiger partial charge in [-0.3, -0.25) is 23.7 Å². The van der Waals surface area contributed by atoms with Crippen molar-refractivity contribution in [3.05, 3.63) is 39.7 Å². The average Bonchev–Trinajstić information content (AvgIpc) is 3.75. The van der Waals surface area contributed by atoms with Gasteiger partial charge < -0.3 is 43.4 Å². The minimum Gasteiger partial charge on any atom is -0.378 e. The third kappa shape index (κ3) is 7.09. The Labute approximate surface area is 269 Å². The number of nitrogens with one attached hydrogen (secondary N) is 2. The van der Waals surface area contributed by atoms with Crippen LogP contribution in [0, 0.1) is 0 Å². The van der Waals surface area contributed by atoms with Gasteiger partial charge in [-0.2, -0.15) is 4.98 Å². The first-order valence-corrected chi connectivity index (χ1v) is 20.3. The molecular weight excluding hydrogens is 692 g/mol. The van der Waals surface area contributed by atoms with Crippen LogP contribution >= 0.6 is 24.4 Å². The predicted molar refractivity (Wildman–Crippen MR) is 171 cm³/mol. The fourth-order valence-electron chi connectivity index (χ4n) is 5.23. The highest BCUT2D eigenvalue weighted by atomic mass is 32.9. The summed E-state index contributed by atoms with van der Waals surface area (Å²) in [7, 11) is 1.55. The van der Waals surface area contributed by atoms with Crippen LogP contribution in [0.1, 0.15) is 25.3 Å². The Morgan fingerprint density at radius 1 is 1.07 bits per heavy atom. The van der Waals surface area contributed by atoms with Gasteiger partial charge >= 0.3 is 0 Å². The fraction of sp³-hybridized carbons (Fsp3) is 0.545. The normalized spacial score (nSPS) is 28.1. The summed E-state index contributed by atoms with van der Waals surface area (Å²) in [6.45, 7) is -1.58. The van der Waals surface area contributed by atoms with E-state index in [-0.39, 0.29) is 53.9 Å². The molecule has 2 aliphatic heterocycles. The molecule has 45 heavy (non-hydrogen) atoms. The Morgan fingerprint density at radius 3 is 2.53 bits per heavy atom. The van der Waals surface area contributed by atoms with Crippen LogP contribution < -0.4 is 16.9 Å². The van der Waals surface area contributed by atoms with E-state index in [0.717, 1.165) is 0 Å². The number of thiol groups is 1. The number of methoxy groups -OCH3 is 1. The topological polar surface area (TPSA) is 229 Å². The molecule has 18 nitrogen and oxygen atoms in total. The van der Waals surface area contributed by atoms with Crippen LogP contribution in [-0.2, 0) is 51.4 Å². The van der Waals surface area contributed by atoms with Gasteiger partial charge in [0.05, 0.1) is 44.4 Å². The molecule has 0 aromatic carbocycles. The molecule has 0 amide bonds. The van der Waals surface area contributed by atoms with Crippen LogP contribution in [0.2, 0.25) is 0 Å².